The van der Waals surface area contributed by atoms with Gasteiger partial charge in [-0.25, -0.2) is 4.98 Å². The predicted molar refractivity (Wildman–Crippen MR) is 95.3 cm³/mol. The van der Waals surface area contributed by atoms with Crippen LogP contribution in [-0.2, 0) is 11.2 Å². The summed E-state index contributed by atoms with van der Waals surface area (Å²) >= 11 is 1.56. The molecule has 0 fully saturated rings. The van der Waals surface area contributed by atoms with Crippen molar-refractivity contribution in [3.63, 3.8) is 0 Å². The maximum atomic E-state index is 12.4. The van der Waals surface area contributed by atoms with Crippen LogP contribution in [0.15, 0.2) is 28.0 Å². The number of hydrogen-bond donors (Lipinski definition) is 1. The summed E-state index contributed by atoms with van der Waals surface area (Å²) in [4.78, 5) is 22.2. The molecular formula is C18H19N3O2S. The monoisotopic (exact) mass is 341 g/mol. The summed E-state index contributed by atoms with van der Waals surface area (Å²) in [7, 11) is 0. The van der Waals surface area contributed by atoms with Crippen LogP contribution in [0.1, 0.15) is 28.4 Å². The van der Waals surface area contributed by atoms with Crippen molar-refractivity contribution in [1.29, 1.82) is 0 Å². The summed E-state index contributed by atoms with van der Waals surface area (Å²) in [6.07, 6.45) is 0.174. The van der Waals surface area contributed by atoms with Gasteiger partial charge in [0.1, 0.15) is 5.76 Å². The van der Waals surface area contributed by atoms with Gasteiger partial charge in [0.15, 0.2) is 0 Å². The number of nitrogens with one attached hydrogen (secondary N) is 1. The van der Waals surface area contributed by atoms with E-state index in [4.69, 9.17) is 4.42 Å². The Labute approximate surface area is 144 Å². The maximum absolute atomic E-state index is 12.4. The first-order valence-electron chi connectivity index (χ1n) is 7.69. The molecule has 0 spiro atoms. The summed E-state index contributed by atoms with van der Waals surface area (Å²) in [6, 6.07) is 5.85. The molecule has 3 heterocycles. The van der Waals surface area contributed by atoms with Crippen molar-refractivity contribution in [3.8, 4) is 10.8 Å². The smallest absolute Gasteiger partial charge is 0.236 e. The van der Waals surface area contributed by atoms with Gasteiger partial charge in [-0.05, 0) is 50.8 Å². The number of hydrogen-bond acceptors (Lipinski definition) is 5. The number of amides is 1. The zero-order valence-corrected chi connectivity index (χ0v) is 15.0. The molecule has 0 bridgehead atoms. The number of carbonyl (C=O) groups is 1. The molecule has 0 saturated heterocycles. The second kappa shape index (κ2) is 6.57. The van der Waals surface area contributed by atoms with Crippen LogP contribution in [0.2, 0.25) is 0 Å². The SMILES string of the molecule is Cc1cc(C)c(NC(=O)Cc2nc(-c3cccs3)oc2C)c(C)n1. The number of aromatic nitrogens is 2. The predicted octanol–water partition coefficient (Wildman–Crippen LogP) is 4.21. The van der Waals surface area contributed by atoms with Crippen molar-refractivity contribution < 1.29 is 9.21 Å². The Hall–Kier alpha value is -2.47. The van der Waals surface area contributed by atoms with Gasteiger partial charge in [-0.15, -0.1) is 11.3 Å². The van der Waals surface area contributed by atoms with E-state index in [2.05, 4.69) is 15.3 Å². The first-order valence-corrected chi connectivity index (χ1v) is 8.57. The van der Waals surface area contributed by atoms with Gasteiger partial charge in [0.2, 0.25) is 11.8 Å². The van der Waals surface area contributed by atoms with Gasteiger partial charge < -0.3 is 9.73 Å². The Morgan fingerprint density at radius 2 is 2.04 bits per heavy atom. The van der Waals surface area contributed by atoms with Gasteiger partial charge in [0.05, 0.1) is 28.4 Å². The molecule has 0 aromatic carbocycles. The molecule has 24 heavy (non-hydrogen) atoms. The van der Waals surface area contributed by atoms with Crippen molar-refractivity contribution in [2.75, 3.05) is 5.32 Å². The van der Waals surface area contributed by atoms with Gasteiger partial charge >= 0.3 is 0 Å². The van der Waals surface area contributed by atoms with Crippen LogP contribution in [0.3, 0.4) is 0 Å². The van der Waals surface area contributed by atoms with E-state index < -0.39 is 0 Å². The Morgan fingerprint density at radius 1 is 1.25 bits per heavy atom. The van der Waals surface area contributed by atoms with E-state index >= 15 is 0 Å². The molecule has 1 N–H and O–H groups in total. The maximum Gasteiger partial charge on any atom is 0.236 e. The van der Waals surface area contributed by atoms with E-state index in [-0.39, 0.29) is 12.3 Å². The highest BCUT2D eigenvalue weighted by molar-refractivity contribution is 7.13. The highest BCUT2D eigenvalue weighted by Gasteiger charge is 2.16. The van der Waals surface area contributed by atoms with Gasteiger partial charge in [-0.3, -0.25) is 9.78 Å². The van der Waals surface area contributed by atoms with E-state index in [0.29, 0.717) is 17.3 Å². The minimum Gasteiger partial charge on any atom is -0.440 e. The Balaban J connectivity index is 1.76. The van der Waals surface area contributed by atoms with Crippen LogP contribution in [-0.4, -0.2) is 15.9 Å². The second-order valence-corrected chi connectivity index (χ2v) is 6.71. The average molecular weight is 341 g/mol. The lowest BCUT2D eigenvalue weighted by Crippen LogP contribution is -2.17. The number of rotatable bonds is 4. The first-order chi connectivity index (χ1) is 11.4. The molecule has 5 nitrogen and oxygen atoms in total. The summed E-state index contributed by atoms with van der Waals surface area (Å²) in [6.45, 7) is 7.63. The molecule has 1 amide bonds. The van der Waals surface area contributed by atoms with Gasteiger partial charge in [0.25, 0.3) is 0 Å². The average Bonchev–Trinajstić information content (AvgIpc) is 3.13. The van der Waals surface area contributed by atoms with E-state index in [0.717, 1.165) is 27.5 Å². The van der Waals surface area contributed by atoms with E-state index in [9.17, 15) is 4.79 Å². The molecule has 124 valence electrons. The fraction of sp³-hybridized carbons (Fsp3) is 0.278. The fourth-order valence-electron chi connectivity index (χ4n) is 2.65. The number of aryl methyl sites for hydroxylation is 4. The van der Waals surface area contributed by atoms with E-state index in [1.165, 1.54) is 0 Å². The minimum atomic E-state index is -0.124. The fourth-order valence-corrected chi connectivity index (χ4v) is 3.29. The number of anilines is 1. The van der Waals surface area contributed by atoms with Gasteiger partial charge in [0, 0.05) is 5.69 Å². The Kier molecular flexibility index (Phi) is 4.49. The standard InChI is InChI=1S/C18H19N3O2S/c1-10-8-11(2)19-12(3)17(10)21-16(22)9-14-13(4)23-18(20-14)15-6-5-7-24-15/h5-8H,9H2,1-4H3,(H,21,22). The summed E-state index contributed by atoms with van der Waals surface area (Å²) < 4.78 is 5.68. The van der Waals surface area contributed by atoms with Crippen molar-refractivity contribution >= 4 is 22.9 Å². The molecule has 0 unspecified atom stereocenters. The van der Waals surface area contributed by atoms with Crippen LogP contribution in [0.5, 0.6) is 0 Å². The molecule has 0 radical (unpaired) electrons. The number of thiophene rings is 1. The Morgan fingerprint density at radius 3 is 2.71 bits per heavy atom. The van der Waals surface area contributed by atoms with E-state index in [1.807, 2.05) is 51.3 Å². The highest BCUT2D eigenvalue weighted by atomic mass is 32.1. The zero-order valence-electron chi connectivity index (χ0n) is 14.1. The summed E-state index contributed by atoms with van der Waals surface area (Å²) in [5.74, 6) is 1.11. The molecular weight excluding hydrogens is 322 g/mol. The van der Waals surface area contributed by atoms with Crippen LogP contribution in [0.25, 0.3) is 10.8 Å². The van der Waals surface area contributed by atoms with Crippen LogP contribution in [0, 0.1) is 27.7 Å². The lowest BCUT2D eigenvalue weighted by atomic mass is 10.1. The summed E-state index contributed by atoms with van der Waals surface area (Å²) in [5.41, 5.74) is 4.19. The van der Waals surface area contributed by atoms with Crippen molar-refractivity contribution in [1.82, 2.24) is 9.97 Å². The number of oxazole rings is 1. The molecule has 0 atom stereocenters. The molecule has 3 aromatic rings. The Bertz CT molecular complexity index is 859. The molecule has 0 aliphatic rings. The van der Waals surface area contributed by atoms with Crippen molar-refractivity contribution in [2.45, 2.75) is 34.1 Å². The van der Waals surface area contributed by atoms with Crippen molar-refractivity contribution in [2.24, 2.45) is 0 Å². The largest absolute Gasteiger partial charge is 0.440 e. The quantitative estimate of drug-likeness (QED) is 0.772. The molecule has 3 aromatic heterocycles. The van der Waals surface area contributed by atoms with E-state index in [1.54, 1.807) is 11.3 Å². The van der Waals surface area contributed by atoms with Gasteiger partial charge in [-0.2, -0.15) is 0 Å². The van der Waals surface area contributed by atoms with Crippen molar-refractivity contribution in [3.05, 3.63) is 52.0 Å². The molecule has 6 heteroatoms. The zero-order chi connectivity index (χ0) is 17.3. The number of nitrogens with zero attached hydrogens (tertiary/aromatic N) is 2. The van der Waals surface area contributed by atoms with Crippen LogP contribution < -0.4 is 5.32 Å². The lowest BCUT2D eigenvalue weighted by molar-refractivity contribution is -0.115. The molecule has 0 aliphatic heterocycles. The van der Waals surface area contributed by atoms with Crippen LogP contribution >= 0.6 is 11.3 Å². The highest BCUT2D eigenvalue weighted by Crippen LogP contribution is 2.26. The first kappa shape index (κ1) is 16.4. The third-order valence-electron chi connectivity index (χ3n) is 3.74. The number of carbonyl (C=O) groups excluding carboxylic acids is 1. The normalized spacial score (nSPS) is 10.8. The minimum absolute atomic E-state index is 0.124. The third-order valence-corrected chi connectivity index (χ3v) is 4.60. The van der Waals surface area contributed by atoms with Gasteiger partial charge in [-0.1, -0.05) is 6.07 Å². The molecule has 0 aliphatic carbocycles. The van der Waals surface area contributed by atoms with Crippen LogP contribution in [0.4, 0.5) is 5.69 Å². The molecule has 0 saturated carbocycles. The molecule has 3 rings (SSSR count). The lowest BCUT2D eigenvalue weighted by Gasteiger charge is -2.11. The summed E-state index contributed by atoms with van der Waals surface area (Å²) in [5, 5.41) is 4.91. The topological polar surface area (TPSA) is 68.0 Å². The second-order valence-electron chi connectivity index (χ2n) is 5.77. The number of pyridine rings is 1. The third kappa shape index (κ3) is 3.38.